The lowest BCUT2D eigenvalue weighted by Crippen LogP contribution is -2.58. The van der Waals surface area contributed by atoms with E-state index in [0.29, 0.717) is 18.7 Å². The Morgan fingerprint density at radius 3 is 2.63 bits per heavy atom. The predicted octanol–water partition coefficient (Wildman–Crippen LogP) is 3.96. The van der Waals surface area contributed by atoms with Crippen LogP contribution in [0.25, 0.3) is 10.4 Å². The molecule has 0 atom stereocenters. The molecule has 1 fully saturated rings. The zero-order valence-electron chi connectivity index (χ0n) is 18.0. The van der Waals surface area contributed by atoms with E-state index in [2.05, 4.69) is 19.3 Å². The number of nitrogens with zero attached hydrogens (tertiary/aromatic N) is 1. The zero-order valence-corrected chi connectivity index (χ0v) is 18.8. The fraction of sp³-hybridized carbons (Fsp3) is 0.478. The second-order valence-corrected chi connectivity index (χ2v) is 11.0. The number of nitrogens with two attached hydrogens (primary N) is 1. The van der Waals surface area contributed by atoms with Gasteiger partial charge >= 0.3 is 5.97 Å². The van der Waals surface area contributed by atoms with Crippen molar-refractivity contribution in [3.63, 3.8) is 0 Å². The Kier molecular flexibility index (Phi) is 5.03. The van der Waals surface area contributed by atoms with Crippen LogP contribution in [-0.4, -0.2) is 23.5 Å². The van der Waals surface area contributed by atoms with Crippen molar-refractivity contribution in [1.82, 2.24) is 5.43 Å². The Labute approximate surface area is 181 Å². The van der Waals surface area contributed by atoms with Crippen molar-refractivity contribution >= 4 is 28.9 Å². The normalized spacial score (nSPS) is 19.4. The number of thiophene rings is 1. The standard InChI is InChI=1S/C23H29N3O3S/c1-22(2)8-7-17-16(10-22)18(20(27)28)19(30-17)15-6-5-14(9-13(15)11-25-24)26-12-23(3,4)21(26)29/h5-6,9,25H,7-8,10-12,24H2,1-4H3,(H,27,28). The third kappa shape index (κ3) is 3.45. The number of amides is 1. The maximum atomic E-state index is 12.5. The Bertz CT molecular complexity index is 1040. The van der Waals surface area contributed by atoms with Gasteiger partial charge in [-0.3, -0.25) is 16.1 Å². The fourth-order valence-corrected chi connectivity index (χ4v) is 5.95. The molecule has 0 spiro atoms. The molecule has 4 N–H and O–H groups in total. The molecule has 0 saturated carbocycles. The van der Waals surface area contributed by atoms with Gasteiger partial charge in [-0.25, -0.2) is 4.79 Å². The van der Waals surface area contributed by atoms with Gasteiger partial charge in [0.2, 0.25) is 5.91 Å². The van der Waals surface area contributed by atoms with Crippen molar-refractivity contribution in [1.29, 1.82) is 0 Å². The number of β-lactam (4-membered cyclic amide) rings is 1. The molecule has 7 heteroatoms. The molecule has 1 aromatic carbocycles. The Balaban J connectivity index is 1.80. The SMILES string of the molecule is CC1(C)CCc2sc(-c3ccc(N4CC(C)(C)C4=O)cc3CNN)c(C(=O)O)c2C1. The first-order valence-electron chi connectivity index (χ1n) is 10.3. The molecule has 0 radical (unpaired) electrons. The van der Waals surface area contributed by atoms with Crippen molar-refractivity contribution < 1.29 is 14.7 Å². The van der Waals surface area contributed by atoms with Gasteiger partial charge in [-0.15, -0.1) is 11.3 Å². The molecule has 1 aliphatic heterocycles. The summed E-state index contributed by atoms with van der Waals surface area (Å²) in [6.45, 7) is 9.34. The molecule has 1 aliphatic carbocycles. The molecule has 6 nitrogen and oxygen atoms in total. The van der Waals surface area contributed by atoms with Gasteiger partial charge in [0, 0.05) is 28.5 Å². The molecule has 0 bridgehead atoms. The number of benzene rings is 1. The lowest BCUT2D eigenvalue weighted by molar-refractivity contribution is -0.132. The number of fused-ring (bicyclic) bond motifs is 1. The highest BCUT2D eigenvalue weighted by atomic mass is 32.1. The van der Waals surface area contributed by atoms with Gasteiger partial charge in [-0.2, -0.15) is 0 Å². The summed E-state index contributed by atoms with van der Waals surface area (Å²) in [5, 5.41) is 10.1. The van der Waals surface area contributed by atoms with Gasteiger partial charge in [0.15, 0.2) is 0 Å². The number of carbonyl (C=O) groups is 2. The smallest absolute Gasteiger partial charge is 0.337 e. The summed E-state index contributed by atoms with van der Waals surface area (Å²) < 4.78 is 0. The number of hydrazine groups is 1. The molecule has 2 aromatic rings. The van der Waals surface area contributed by atoms with Gasteiger partial charge in [-0.1, -0.05) is 19.9 Å². The Hall–Kier alpha value is -2.22. The van der Waals surface area contributed by atoms with Crippen LogP contribution in [0.5, 0.6) is 0 Å². The fourth-order valence-electron chi connectivity index (χ4n) is 4.58. The van der Waals surface area contributed by atoms with E-state index in [-0.39, 0.29) is 16.7 Å². The number of anilines is 1. The highest BCUT2D eigenvalue weighted by molar-refractivity contribution is 7.16. The molecule has 2 heterocycles. The number of nitrogens with one attached hydrogen (secondary N) is 1. The van der Waals surface area contributed by atoms with E-state index >= 15 is 0 Å². The van der Waals surface area contributed by atoms with Crippen LogP contribution in [0.2, 0.25) is 0 Å². The van der Waals surface area contributed by atoms with Crippen LogP contribution in [-0.2, 0) is 24.2 Å². The van der Waals surface area contributed by atoms with Crippen LogP contribution < -0.4 is 16.2 Å². The van der Waals surface area contributed by atoms with E-state index in [0.717, 1.165) is 46.5 Å². The number of hydrogen-bond donors (Lipinski definition) is 3. The monoisotopic (exact) mass is 427 g/mol. The summed E-state index contributed by atoms with van der Waals surface area (Å²) in [7, 11) is 0. The maximum absolute atomic E-state index is 12.5. The highest BCUT2D eigenvalue weighted by Gasteiger charge is 2.45. The van der Waals surface area contributed by atoms with E-state index in [1.807, 2.05) is 32.0 Å². The van der Waals surface area contributed by atoms with Gasteiger partial charge in [-0.05, 0) is 67.3 Å². The Morgan fingerprint density at radius 2 is 2.03 bits per heavy atom. The molecule has 0 unspecified atom stereocenters. The summed E-state index contributed by atoms with van der Waals surface area (Å²) in [4.78, 5) is 28.5. The molecule has 1 saturated heterocycles. The lowest BCUT2D eigenvalue weighted by atomic mass is 9.76. The summed E-state index contributed by atoms with van der Waals surface area (Å²) in [6.07, 6.45) is 2.75. The van der Waals surface area contributed by atoms with Crippen molar-refractivity contribution in [2.45, 2.75) is 53.5 Å². The van der Waals surface area contributed by atoms with Crippen molar-refractivity contribution in [3.05, 3.63) is 39.8 Å². The summed E-state index contributed by atoms with van der Waals surface area (Å²) in [6, 6.07) is 5.81. The number of carbonyl (C=O) groups excluding carboxylic acids is 1. The second-order valence-electron chi connectivity index (χ2n) is 9.85. The predicted molar refractivity (Wildman–Crippen MR) is 120 cm³/mol. The van der Waals surface area contributed by atoms with E-state index in [9.17, 15) is 14.7 Å². The van der Waals surface area contributed by atoms with E-state index in [4.69, 9.17) is 5.84 Å². The number of aryl methyl sites for hydroxylation is 1. The molecule has 1 amide bonds. The first-order valence-corrected chi connectivity index (χ1v) is 11.1. The summed E-state index contributed by atoms with van der Waals surface area (Å²) in [5.41, 5.74) is 6.47. The van der Waals surface area contributed by atoms with Crippen molar-refractivity contribution in [2.24, 2.45) is 16.7 Å². The minimum atomic E-state index is -0.879. The van der Waals surface area contributed by atoms with Crippen LogP contribution in [0.1, 0.15) is 60.5 Å². The number of carboxylic acids is 1. The van der Waals surface area contributed by atoms with E-state index in [1.165, 1.54) is 4.88 Å². The Morgan fingerprint density at radius 1 is 1.30 bits per heavy atom. The molecular formula is C23H29N3O3S. The molecular weight excluding hydrogens is 398 g/mol. The molecule has 4 rings (SSSR count). The minimum absolute atomic E-state index is 0.0990. The number of hydrogen-bond acceptors (Lipinski definition) is 5. The molecule has 160 valence electrons. The second kappa shape index (κ2) is 7.18. The van der Waals surface area contributed by atoms with E-state index in [1.54, 1.807) is 16.2 Å². The highest BCUT2D eigenvalue weighted by Crippen LogP contribution is 2.46. The van der Waals surface area contributed by atoms with Crippen molar-refractivity contribution in [2.75, 3.05) is 11.4 Å². The zero-order chi connectivity index (χ0) is 21.8. The van der Waals surface area contributed by atoms with Gasteiger partial charge in [0.25, 0.3) is 0 Å². The minimum Gasteiger partial charge on any atom is -0.478 e. The average Bonchev–Trinajstić information content (AvgIpc) is 3.03. The summed E-state index contributed by atoms with van der Waals surface area (Å²) >= 11 is 1.59. The summed E-state index contributed by atoms with van der Waals surface area (Å²) in [5.74, 6) is 4.86. The maximum Gasteiger partial charge on any atom is 0.337 e. The third-order valence-electron chi connectivity index (χ3n) is 6.30. The molecule has 30 heavy (non-hydrogen) atoms. The number of aromatic carboxylic acids is 1. The lowest BCUT2D eigenvalue weighted by Gasteiger charge is -2.44. The van der Waals surface area contributed by atoms with Crippen LogP contribution in [0, 0.1) is 10.8 Å². The third-order valence-corrected chi connectivity index (χ3v) is 7.63. The van der Waals surface area contributed by atoms with Crippen LogP contribution in [0.3, 0.4) is 0 Å². The first-order chi connectivity index (χ1) is 14.0. The number of carboxylic acid groups (broad SMARTS) is 1. The topological polar surface area (TPSA) is 95.7 Å². The van der Waals surface area contributed by atoms with E-state index < -0.39 is 5.97 Å². The van der Waals surface area contributed by atoms with Crippen LogP contribution >= 0.6 is 11.3 Å². The van der Waals surface area contributed by atoms with Gasteiger partial charge in [0.1, 0.15) is 0 Å². The molecule has 1 aromatic heterocycles. The number of rotatable bonds is 5. The van der Waals surface area contributed by atoms with Crippen LogP contribution in [0.4, 0.5) is 5.69 Å². The molecule has 2 aliphatic rings. The van der Waals surface area contributed by atoms with Gasteiger partial charge < -0.3 is 10.0 Å². The van der Waals surface area contributed by atoms with Crippen LogP contribution in [0.15, 0.2) is 18.2 Å². The average molecular weight is 428 g/mol. The van der Waals surface area contributed by atoms with Crippen molar-refractivity contribution in [3.8, 4) is 10.4 Å². The van der Waals surface area contributed by atoms with Gasteiger partial charge in [0.05, 0.1) is 11.0 Å². The first kappa shape index (κ1) is 21.0. The quantitative estimate of drug-likeness (QED) is 0.381. The largest absolute Gasteiger partial charge is 0.478 e.